The van der Waals surface area contributed by atoms with E-state index in [2.05, 4.69) is 6.58 Å². The first-order valence-electron chi connectivity index (χ1n) is 14.4. The summed E-state index contributed by atoms with van der Waals surface area (Å²) in [4.78, 5) is 45.7. The fourth-order valence-electron chi connectivity index (χ4n) is 7.40. The number of esters is 1. The molecule has 214 valence electrons. The topological polar surface area (TPSA) is 96.4 Å². The Hall–Kier alpha value is -2.71. The number of aliphatic hydroxyl groups excluding tert-OH is 1. The Kier molecular flexibility index (Phi) is 8.57. The number of benzene rings is 1. The third-order valence-electron chi connectivity index (χ3n) is 9.18. The number of unbranched alkanes of at least 4 members (excludes halogenated alkanes) is 3. The molecule has 1 aromatic carbocycles. The minimum absolute atomic E-state index is 0.0381. The third kappa shape index (κ3) is 4.69. The lowest BCUT2D eigenvalue weighted by Crippen LogP contribution is -2.57. The summed E-state index contributed by atoms with van der Waals surface area (Å²) in [6.45, 7) is 14.6. The molecular weight excluding hydrogens is 496 g/mol. The molecule has 4 rings (SSSR count). The number of hydrogen-bond acceptors (Lipinski definition) is 6. The van der Waals surface area contributed by atoms with Crippen molar-refractivity contribution in [1.82, 2.24) is 4.90 Å². The number of aliphatic hydroxyl groups is 1. The van der Waals surface area contributed by atoms with Gasteiger partial charge in [0.1, 0.15) is 17.6 Å². The predicted octanol–water partition coefficient (Wildman–Crippen LogP) is 3.95. The van der Waals surface area contributed by atoms with Crippen LogP contribution in [0.1, 0.15) is 64.0 Å². The zero-order valence-electron chi connectivity index (χ0n) is 24.1. The van der Waals surface area contributed by atoms with Crippen LogP contribution in [0.4, 0.5) is 5.69 Å². The molecule has 1 aromatic rings. The van der Waals surface area contributed by atoms with E-state index < -0.39 is 35.0 Å². The second-order valence-corrected chi connectivity index (χ2v) is 11.6. The summed E-state index contributed by atoms with van der Waals surface area (Å²) < 4.78 is 12.3. The van der Waals surface area contributed by atoms with Gasteiger partial charge in [-0.2, -0.15) is 0 Å². The molecule has 0 saturated carbocycles. The van der Waals surface area contributed by atoms with E-state index in [0.29, 0.717) is 25.8 Å². The normalized spacial score (nSPS) is 30.9. The third-order valence-corrected chi connectivity index (χ3v) is 9.18. The molecule has 39 heavy (non-hydrogen) atoms. The Labute approximate surface area is 232 Å². The molecule has 3 aliphatic heterocycles. The minimum atomic E-state index is -1.11. The quantitative estimate of drug-likeness (QED) is 0.245. The fourth-order valence-corrected chi connectivity index (χ4v) is 7.40. The zero-order valence-corrected chi connectivity index (χ0v) is 24.1. The summed E-state index contributed by atoms with van der Waals surface area (Å²) in [6, 6.07) is 5.05. The second kappa shape index (κ2) is 11.4. The number of amides is 2. The summed E-state index contributed by atoms with van der Waals surface area (Å²) in [7, 11) is 0. The lowest BCUT2D eigenvalue weighted by Gasteiger charge is -2.38. The van der Waals surface area contributed by atoms with Crippen LogP contribution in [0.3, 0.4) is 0 Å². The number of nitrogens with zero attached hydrogens (tertiary/aromatic N) is 2. The molecule has 3 heterocycles. The molecule has 1 spiro atoms. The van der Waals surface area contributed by atoms with Crippen LogP contribution in [0.5, 0.6) is 0 Å². The molecule has 1 N–H and O–H groups in total. The van der Waals surface area contributed by atoms with Crippen LogP contribution in [0.15, 0.2) is 30.9 Å². The van der Waals surface area contributed by atoms with E-state index in [0.717, 1.165) is 29.7 Å². The number of hydrogen-bond donors (Lipinski definition) is 1. The van der Waals surface area contributed by atoms with Crippen LogP contribution < -0.4 is 4.90 Å². The van der Waals surface area contributed by atoms with Crippen LogP contribution in [0.25, 0.3) is 0 Å². The Balaban J connectivity index is 1.80. The molecule has 8 heteroatoms. The zero-order chi connectivity index (χ0) is 28.5. The van der Waals surface area contributed by atoms with Gasteiger partial charge in [-0.15, -0.1) is 6.58 Å². The van der Waals surface area contributed by atoms with Gasteiger partial charge in [0.25, 0.3) is 5.91 Å². The van der Waals surface area contributed by atoms with E-state index in [1.165, 1.54) is 0 Å². The predicted molar refractivity (Wildman–Crippen MR) is 149 cm³/mol. The van der Waals surface area contributed by atoms with Gasteiger partial charge in [0, 0.05) is 25.4 Å². The highest BCUT2D eigenvalue weighted by molar-refractivity contribution is 6.05. The lowest BCUT2D eigenvalue weighted by molar-refractivity contribution is -0.161. The molecule has 0 aromatic heterocycles. The first kappa shape index (κ1) is 29.3. The van der Waals surface area contributed by atoms with E-state index in [1.54, 1.807) is 22.8 Å². The van der Waals surface area contributed by atoms with Crippen molar-refractivity contribution in [3.63, 3.8) is 0 Å². The molecule has 3 saturated heterocycles. The fraction of sp³-hybridized carbons (Fsp3) is 0.645. The Morgan fingerprint density at radius 2 is 1.90 bits per heavy atom. The number of anilines is 1. The molecule has 2 amide bonds. The van der Waals surface area contributed by atoms with Gasteiger partial charge in [0.05, 0.1) is 18.1 Å². The maximum Gasteiger partial charge on any atom is 0.312 e. The van der Waals surface area contributed by atoms with Crippen LogP contribution >= 0.6 is 0 Å². The van der Waals surface area contributed by atoms with E-state index in [-0.39, 0.29) is 37.5 Å². The van der Waals surface area contributed by atoms with E-state index >= 15 is 0 Å². The number of aryl methyl sites for hydroxylation is 2. The molecule has 3 fully saturated rings. The van der Waals surface area contributed by atoms with Gasteiger partial charge in [-0.25, -0.2) is 0 Å². The van der Waals surface area contributed by atoms with Crippen molar-refractivity contribution in [2.75, 3.05) is 31.2 Å². The largest absolute Gasteiger partial charge is 0.466 e. The van der Waals surface area contributed by atoms with Crippen LogP contribution in [0, 0.1) is 31.6 Å². The minimum Gasteiger partial charge on any atom is -0.466 e. The monoisotopic (exact) mass is 540 g/mol. The molecule has 6 atom stereocenters. The molecule has 0 radical (unpaired) electrons. The van der Waals surface area contributed by atoms with Crippen molar-refractivity contribution < 1.29 is 29.0 Å². The molecule has 3 aliphatic rings. The number of rotatable bonds is 12. The highest BCUT2D eigenvalue weighted by atomic mass is 16.6. The van der Waals surface area contributed by atoms with Gasteiger partial charge in [-0.3, -0.25) is 14.4 Å². The number of carbonyl (C=O) groups is 3. The van der Waals surface area contributed by atoms with Gasteiger partial charge >= 0.3 is 5.97 Å². The van der Waals surface area contributed by atoms with Gasteiger partial charge in [0.15, 0.2) is 0 Å². The molecule has 2 bridgehead atoms. The Morgan fingerprint density at radius 1 is 1.23 bits per heavy atom. The van der Waals surface area contributed by atoms with E-state index in [1.807, 2.05) is 45.9 Å². The maximum atomic E-state index is 14.7. The first-order chi connectivity index (χ1) is 18.6. The summed E-state index contributed by atoms with van der Waals surface area (Å²) in [5.74, 6) is -2.42. The standard InChI is InChI=1S/C31H44N2O6/c1-7-16-32(25-20(3)14-13-15-21(25)4)28(36)26-31-19-22(5)30(6,39-31)24(29(37)38-8-2)23(31)27(35)33(26)17-11-9-10-12-18-34/h7,13-15,22-24,26,34H,1,8-12,16-19H2,2-6H3/t22?,23-,24+,26?,30-,31?/m0/s1. The average molecular weight is 541 g/mol. The summed E-state index contributed by atoms with van der Waals surface area (Å²) in [6.07, 6.45) is 5.28. The number of carbonyl (C=O) groups excluding carboxylic acids is 3. The van der Waals surface area contributed by atoms with Crippen molar-refractivity contribution in [1.29, 1.82) is 0 Å². The molecular formula is C31H44N2O6. The summed E-state index contributed by atoms with van der Waals surface area (Å²) in [5, 5.41) is 9.17. The van der Waals surface area contributed by atoms with Crippen LogP contribution in [-0.4, -0.2) is 71.3 Å². The first-order valence-corrected chi connectivity index (χ1v) is 14.4. The average Bonchev–Trinajstić information content (AvgIpc) is 3.39. The van der Waals surface area contributed by atoms with Crippen molar-refractivity contribution in [2.24, 2.45) is 17.8 Å². The van der Waals surface area contributed by atoms with Crippen molar-refractivity contribution in [3.05, 3.63) is 42.0 Å². The van der Waals surface area contributed by atoms with Crippen molar-refractivity contribution in [2.45, 2.75) is 84.0 Å². The highest BCUT2D eigenvalue weighted by Crippen LogP contribution is 2.65. The molecule has 8 nitrogen and oxygen atoms in total. The van der Waals surface area contributed by atoms with Gasteiger partial charge in [0.2, 0.25) is 5.91 Å². The number of likely N-dealkylation sites (tertiary alicyclic amines) is 1. The van der Waals surface area contributed by atoms with Crippen molar-refractivity contribution >= 4 is 23.5 Å². The van der Waals surface area contributed by atoms with E-state index in [9.17, 15) is 14.4 Å². The summed E-state index contributed by atoms with van der Waals surface area (Å²) in [5.41, 5.74) is 0.730. The second-order valence-electron chi connectivity index (χ2n) is 11.6. The van der Waals surface area contributed by atoms with Crippen molar-refractivity contribution in [3.8, 4) is 0 Å². The Morgan fingerprint density at radius 3 is 2.51 bits per heavy atom. The highest BCUT2D eigenvalue weighted by Gasteiger charge is 2.80. The van der Waals surface area contributed by atoms with Gasteiger partial charge in [-0.1, -0.05) is 44.0 Å². The smallest absolute Gasteiger partial charge is 0.312 e. The molecule has 3 unspecified atom stereocenters. The Bertz CT molecular complexity index is 1100. The number of para-hydroxylation sites is 1. The van der Waals surface area contributed by atoms with Crippen LogP contribution in [0.2, 0.25) is 0 Å². The van der Waals surface area contributed by atoms with Gasteiger partial charge in [-0.05, 0) is 64.0 Å². The number of ether oxygens (including phenoxy) is 2. The van der Waals surface area contributed by atoms with Crippen LogP contribution in [-0.2, 0) is 23.9 Å². The SMILES string of the molecule is C=CCN(C(=O)C1N(CCCCCCO)C(=O)[C@@H]2[C@H](C(=O)OCC)[C@@]3(C)OC12CC3C)c1c(C)cccc1C. The summed E-state index contributed by atoms with van der Waals surface area (Å²) >= 11 is 0. The maximum absolute atomic E-state index is 14.7. The number of fused-ring (bicyclic) bond motifs is 1. The molecule has 0 aliphatic carbocycles. The van der Waals surface area contributed by atoms with Gasteiger partial charge < -0.3 is 24.4 Å². The lowest BCUT2D eigenvalue weighted by atomic mass is 9.62. The van der Waals surface area contributed by atoms with E-state index in [4.69, 9.17) is 14.6 Å².